The fraction of sp³-hybridized carbons (Fsp3) is 0.467. The fourth-order valence-electron chi connectivity index (χ4n) is 1.82. The van der Waals surface area contributed by atoms with E-state index < -0.39 is 5.97 Å². The fourth-order valence-corrected chi connectivity index (χ4v) is 2.08. The van der Waals surface area contributed by atoms with Crippen molar-refractivity contribution in [2.24, 2.45) is 0 Å². The van der Waals surface area contributed by atoms with E-state index in [4.69, 9.17) is 5.11 Å². The normalized spacial score (nSPS) is 10.3. The van der Waals surface area contributed by atoms with Gasteiger partial charge < -0.3 is 10.0 Å². The number of benzene rings is 1. The number of amides is 1. The second-order valence-electron chi connectivity index (χ2n) is 4.79. The molecule has 0 bridgehead atoms. The predicted molar refractivity (Wildman–Crippen MR) is 81.6 cm³/mol. The molecule has 1 amide bonds. The minimum absolute atomic E-state index is 0.0764. The Balaban J connectivity index is 2.24. The molecular formula is C15H20BrNO3. The Hall–Kier alpha value is -1.36. The molecule has 0 fully saturated rings. The molecule has 0 heterocycles. The quantitative estimate of drug-likeness (QED) is 0.739. The molecule has 110 valence electrons. The zero-order chi connectivity index (χ0) is 15.0. The summed E-state index contributed by atoms with van der Waals surface area (Å²) in [5.74, 6) is -0.728. The van der Waals surface area contributed by atoms with Crippen LogP contribution in [0.2, 0.25) is 0 Å². The Labute approximate surface area is 127 Å². The highest BCUT2D eigenvalue weighted by Crippen LogP contribution is 2.11. The van der Waals surface area contributed by atoms with Crippen molar-refractivity contribution in [1.29, 1.82) is 0 Å². The summed E-state index contributed by atoms with van der Waals surface area (Å²) < 4.78 is 1.05. The average Bonchev–Trinajstić information content (AvgIpc) is 2.42. The van der Waals surface area contributed by atoms with Crippen LogP contribution < -0.4 is 0 Å². The van der Waals surface area contributed by atoms with Gasteiger partial charge in [0.25, 0.3) is 0 Å². The van der Waals surface area contributed by atoms with E-state index in [9.17, 15) is 9.59 Å². The van der Waals surface area contributed by atoms with E-state index in [2.05, 4.69) is 15.9 Å². The molecule has 1 aromatic rings. The van der Waals surface area contributed by atoms with Gasteiger partial charge in [-0.3, -0.25) is 9.59 Å². The maximum atomic E-state index is 11.8. The summed E-state index contributed by atoms with van der Waals surface area (Å²) in [4.78, 5) is 23.9. The van der Waals surface area contributed by atoms with Crippen molar-refractivity contribution in [3.63, 3.8) is 0 Å². The van der Waals surface area contributed by atoms with Crippen LogP contribution in [-0.2, 0) is 16.0 Å². The number of hydrogen-bond donors (Lipinski definition) is 1. The van der Waals surface area contributed by atoms with Crippen LogP contribution in [0.25, 0.3) is 0 Å². The Bertz CT molecular complexity index is 445. The standard InChI is InChI=1S/C15H20BrNO3/c1-17(14(18)4-2-3-5-15(19)20)11-10-12-6-8-13(16)9-7-12/h6-9H,2-5,10-11H2,1H3,(H,19,20). The van der Waals surface area contributed by atoms with Crippen LogP contribution in [0.3, 0.4) is 0 Å². The van der Waals surface area contributed by atoms with Crippen molar-refractivity contribution < 1.29 is 14.7 Å². The first kappa shape index (κ1) is 16.7. The average molecular weight is 342 g/mol. The molecule has 0 spiro atoms. The maximum absolute atomic E-state index is 11.8. The number of carbonyl (C=O) groups is 2. The van der Waals surface area contributed by atoms with E-state index >= 15 is 0 Å². The van der Waals surface area contributed by atoms with Gasteiger partial charge in [0.15, 0.2) is 0 Å². The van der Waals surface area contributed by atoms with Gasteiger partial charge in [-0.05, 0) is 37.0 Å². The van der Waals surface area contributed by atoms with E-state index in [1.54, 1.807) is 11.9 Å². The summed E-state index contributed by atoms with van der Waals surface area (Å²) in [5.41, 5.74) is 1.19. The summed E-state index contributed by atoms with van der Waals surface area (Å²) >= 11 is 3.39. The van der Waals surface area contributed by atoms with E-state index in [1.807, 2.05) is 24.3 Å². The van der Waals surface area contributed by atoms with Crippen LogP contribution >= 0.6 is 15.9 Å². The number of carbonyl (C=O) groups excluding carboxylic acids is 1. The number of unbranched alkanes of at least 4 members (excludes halogenated alkanes) is 1. The van der Waals surface area contributed by atoms with Crippen LogP contribution in [0, 0.1) is 0 Å². The number of nitrogens with zero attached hydrogens (tertiary/aromatic N) is 1. The van der Waals surface area contributed by atoms with Crippen molar-refractivity contribution in [3.8, 4) is 0 Å². The third-order valence-electron chi connectivity index (χ3n) is 3.11. The van der Waals surface area contributed by atoms with E-state index in [1.165, 1.54) is 5.56 Å². The minimum atomic E-state index is -0.805. The van der Waals surface area contributed by atoms with Gasteiger partial charge in [-0.2, -0.15) is 0 Å². The van der Waals surface area contributed by atoms with Gasteiger partial charge in [-0.1, -0.05) is 28.1 Å². The summed E-state index contributed by atoms with van der Waals surface area (Å²) in [6, 6.07) is 8.05. The van der Waals surface area contributed by atoms with E-state index in [-0.39, 0.29) is 12.3 Å². The molecule has 1 aromatic carbocycles. The molecule has 0 unspecified atom stereocenters. The van der Waals surface area contributed by atoms with Crippen LogP contribution in [-0.4, -0.2) is 35.5 Å². The van der Waals surface area contributed by atoms with Gasteiger partial charge in [0.1, 0.15) is 0 Å². The van der Waals surface area contributed by atoms with Crippen LogP contribution in [0.15, 0.2) is 28.7 Å². The summed E-state index contributed by atoms with van der Waals surface area (Å²) in [6.45, 7) is 0.680. The lowest BCUT2D eigenvalue weighted by Gasteiger charge is -2.17. The first-order valence-electron chi connectivity index (χ1n) is 6.69. The molecule has 5 heteroatoms. The number of likely N-dealkylation sites (N-methyl/N-ethyl adjacent to an activating group) is 1. The zero-order valence-corrected chi connectivity index (χ0v) is 13.2. The molecule has 0 saturated carbocycles. The van der Waals surface area contributed by atoms with Crippen molar-refractivity contribution in [3.05, 3.63) is 34.3 Å². The summed E-state index contributed by atoms with van der Waals surface area (Å²) in [6.07, 6.45) is 2.57. The van der Waals surface area contributed by atoms with E-state index in [0.717, 1.165) is 10.9 Å². The lowest BCUT2D eigenvalue weighted by Crippen LogP contribution is -2.28. The second-order valence-corrected chi connectivity index (χ2v) is 5.71. The molecule has 0 saturated heterocycles. The minimum Gasteiger partial charge on any atom is -0.481 e. The number of aliphatic carboxylic acids is 1. The second kappa shape index (κ2) is 8.74. The highest BCUT2D eigenvalue weighted by Gasteiger charge is 2.08. The Kier molecular flexibility index (Phi) is 7.30. The van der Waals surface area contributed by atoms with Crippen LogP contribution in [0.5, 0.6) is 0 Å². The lowest BCUT2D eigenvalue weighted by molar-refractivity contribution is -0.137. The SMILES string of the molecule is CN(CCc1ccc(Br)cc1)C(=O)CCCCC(=O)O. The largest absolute Gasteiger partial charge is 0.481 e. The number of carboxylic acids is 1. The molecule has 1 rings (SSSR count). The van der Waals surface area contributed by atoms with Crippen LogP contribution in [0.1, 0.15) is 31.2 Å². The van der Waals surface area contributed by atoms with Gasteiger partial charge in [0.2, 0.25) is 5.91 Å². The molecule has 0 aliphatic rings. The molecule has 0 aliphatic carbocycles. The Morgan fingerprint density at radius 2 is 1.75 bits per heavy atom. The predicted octanol–water partition coefficient (Wildman–Crippen LogP) is 3.10. The highest BCUT2D eigenvalue weighted by atomic mass is 79.9. The summed E-state index contributed by atoms with van der Waals surface area (Å²) in [7, 11) is 1.79. The van der Waals surface area contributed by atoms with Gasteiger partial charge in [0, 0.05) is 30.9 Å². The first-order chi connectivity index (χ1) is 9.49. The molecule has 4 nitrogen and oxygen atoms in total. The Morgan fingerprint density at radius 3 is 2.35 bits per heavy atom. The van der Waals surface area contributed by atoms with Gasteiger partial charge in [-0.15, -0.1) is 0 Å². The van der Waals surface area contributed by atoms with Gasteiger partial charge in [0.05, 0.1) is 0 Å². The van der Waals surface area contributed by atoms with Gasteiger partial charge in [-0.25, -0.2) is 0 Å². The zero-order valence-electron chi connectivity index (χ0n) is 11.6. The molecule has 20 heavy (non-hydrogen) atoms. The third-order valence-corrected chi connectivity index (χ3v) is 3.63. The highest BCUT2D eigenvalue weighted by molar-refractivity contribution is 9.10. The van der Waals surface area contributed by atoms with Crippen molar-refractivity contribution in [2.75, 3.05) is 13.6 Å². The number of carboxylic acid groups (broad SMARTS) is 1. The van der Waals surface area contributed by atoms with Crippen LogP contribution in [0.4, 0.5) is 0 Å². The number of halogens is 1. The monoisotopic (exact) mass is 341 g/mol. The molecule has 0 atom stereocenters. The molecule has 0 aliphatic heterocycles. The third kappa shape index (κ3) is 6.70. The smallest absolute Gasteiger partial charge is 0.303 e. The molecule has 0 radical (unpaired) electrons. The van der Waals surface area contributed by atoms with Crippen molar-refractivity contribution in [2.45, 2.75) is 32.1 Å². The summed E-state index contributed by atoms with van der Waals surface area (Å²) in [5, 5.41) is 8.52. The maximum Gasteiger partial charge on any atom is 0.303 e. The van der Waals surface area contributed by atoms with Crippen molar-refractivity contribution >= 4 is 27.8 Å². The van der Waals surface area contributed by atoms with Gasteiger partial charge >= 0.3 is 5.97 Å². The first-order valence-corrected chi connectivity index (χ1v) is 7.48. The number of hydrogen-bond acceptors (Lipinski definition) is 2. The Morgan fingerprint density at radius 1 is 1.15 bits per heavy atom. The molecular weight excluding hydrogens is 322 g/mol. The van der Waals surface area contributed by atoms with Crippen molar-refractivity contribution in [1.82, 2.24) is 4.90 Å². The topological polar surface area (TPSA) is 57.6 Å². The molecule has 1 N–H and O–H groups in total. The van der Waals surface area contributed by atoms with E-state index in [0.29, 0.717) is 25.8 Å². The number of rotatable bonds is 8. The lowest BCUT2D eigenvalue weighted by atomic mass is 10.1. The molecule has 0 aromatic heterocycles.